The molecule has 5 nitrogen and oxygen atoms in total. The van der Waals surface area contributed by atoms with E-state index in [2.05, 4.69) is 10.1 Å². The monoisotopic (exact) mass is 252 g/mol. The van der Waals surface area contributed by atoms with Crippen molar-refractivity contribution >= 4 is 17.3 Å². The zero-order valence-electron chi connectivity index (χ0n) is 10.9. The van der Waals surface area contributed by atoms with Crippen molar-refractivity contribution in [3.63, 3.8) is 0 Å². The zero-order chi connectivity index (χ0) is 13.4. The average molecular weight is 252 g/mol. The zero-order valence-corrected chi connectivity index (χ0v) is 10.9. The lowest BCUT2D eigenvalue weighted by molar-refractivity contribution is -0.140. The van der Waals surface area contributed by atoms with E-state index in [1.807, 2.05) is 25.1 Å². The van der Waals surface area contributed by atoms with Crippen molar-refractivity contribution in [3.05, 3.63) is 18.2 Å². The van der Waals surface area contributed by atoms with Gasteiger partial charge >= 0.3 is 5.97 Å². The topological polar surface area (TPSA) is 73.6 Å². The molecule has 18 heavy (non-hydrogen) atoms. The van der Waals surface area contributed by atoms with Crippen LogP contribution in [0.3, 0.4) is 0 Å². The van der Waals surface area contributed by atoms with E-state index in [9.17, 15) is 4.79 Å². The molecule has 0 aliphatic rings. The Balaban J connectivity index is 2.57. The Morgan fingerprint density at radius 1 is 1.44 bits per heavy atom. The molecule has 0 atom stereocenters. The van der Waals surface area contributed by atoms with E-state index < -0.39 is 0 Å². The van der Waals surface area contributed by atoms with Crippen molar-refractivity contribution in [3.8, 4) is 5.75 Å². The van der Waals surface area contributed by atoms with Crippen molar-refractivity contribution in [2.24, 2.45) is 0 Å². The molecule has 0 amide bonds. The summed E-state index contributed by atoms with van der Waals surface area (Å²) in [7, 11) is 1.37. The highest BCUT2D eigenvalue weighted by Crippen LogP contribution is 2.29. The minimum atomic E-state index is -0.251. The highest BCUT2D eigenvalue weighted by molar-refractivity contribution is 5.74. The summed E-state index contributed by atoms with van der Waals surface area (Å²) < 4.78 is 10.1. The Morgan fingerprint density at radius 2 is 2.22 bits per heavy atom. The second kappa shape index (κ2) is 7.42. The number of rotatable bonds is 7. The number of anilines is 2. The van der Waals surface area contributed by atoms with Crippen molar-refractivity contribution in [1.29, 1.82) is 0 Å². The standard InChI is InChI=1S/C13H20N2O3/c1-3-9-18-11-6-4-5-10(13(11)14)15-8-7-12(16)17-2/h4-6,15H,3,7-9,14H2,1-2H3. The van der Waals surface area contributed by atoms with Gasteiger partial charge in [0.15, 0.2) is 0 Å². The number of hydrogen-bond donors (Lipinski definition) is 2. The molecule has 0 unspecified atom stereocenters. The Morgan fingerprint density at radius 3 is 2.89 bits per heavy atom. The van der Waals surface area contributed by atoms with Crippen LogP contribution in [0.25, 0.3) is 0 Å². The van der Waals surface area contributed by atoms with Crippen LogP contribution in [-0.4, -0.2) is 26.2 Å². The summed E-state index contributed by atoms with van der Waals surface area (Å²) in [6, 6.07) is 5.55. The summed E-state index contributed by atoms with van der Waals surface area (Å²) in [4.78, 5) is 11.0. The quantitative estimate of drug-likeness (QED) is 0.574. The van der Waals surface area contributed by atoms with Gasteiger partial charge in [-0.15, -0.1) is 0 Å². The lowest BCUT2D eigenvalue weighted by Gasteiger charge is -2.13. The maximum absolute atomic E-state index is 11.0. The SMILES string of the molecule is CCCOc1cccc(NCCC(=O)OC)c1N. The van der Waals surface area contributed by atoms with Crippen LogP contribution in [0.2, 0.25) is 0 Å². The Bertz CT molecular complexity index is 394. The largest absolute Gasteiger partial charge is 0.491 e. The molecule has 1 aromatic carbocycles. The van der Waals surface area contributed by atoms with Crippen LogP contribution >= 0.6 is 0 Å². The Kier molecular flexibility index (Phi) is 5.84. The Labute approximate surface area is 107 Å². The fraction of sp³-hybridized carbons (Fsp3) is 0.462. The number of nitrogens with two attached hydrogens (primary N) is 1. The molecule has 0 saturated carbocycles. The van der Waals surface area contributed by atoms with E-state index in [1.54, 1.807) is 0 Å². The minimum Gasteiger partial charge on any atom is -0.491 e. The fourth-order valence-electron chi connectivity index (χ4n) is 1.44. The normalized spacial score (nSPS) is 9.89. The van der Waals surface area contributed by atoms with Gasteiger partial charge in [-0.25, -0.2) is 0 Å². The number of esters is 1. The molecule has 5 heteroatoms. The van der Waals surface area contributed by atoms with Crippen molar-refractivity contribution in [1.82, 2.24) is 0 Å². The predicted octanol–water partition coefficient (Wildman–Crippen LogP) is 2.03. The highest BCUT2D eigenvalue weighted by Gasteiger charge is 2.06. The lowest BCUT2D eigenvalue weighted by atomic mass is 10.2. The van der Waals surface area contributed by atoms with Gasteiger partial charge in [-0.1, -0.05) is 13.0 Å². The van der Waals surface area contributed by atoms with Gasteiger partial charge in [0.25, 0.3) is 0 Å². The molecule has 0 saturated heterocycles. The van der Waals surface area contributed by atoms with Gasteiger partial charge in [-0.3, -0.25) is 4.79 Å². The lowest BCUT2D eigenvalue weighted by Crippen LogP contribution is -2.11. The second-order valence-corrected chi connectivity index (χ2v) is 3.82. The van der Waals surface area contributed by atoms with E-state index in [0.29, 0.717) is 31.0 Å². The molecule has 3 N–H and O–H groups in total. The second-order valence-electron chi connectivity index (χ2n) is 3.82. The highest BCUT2D eigenvalue weighted by atomic mass is 16.5. The number of hydrogen-bond acceptors (Lipinski definition) is 5. The van der Waals surface area contributed by atoms with Gasteiger partial charge in [-0.05, 0) is 18.6 Å². The molecule has 100 valence electrons. The molecule has 0 aromatic heterocycles. The molecule has 0 aliphatic heterocycles. The van der Waals surface area contributed by atoms with Crippen LogP contribution in [0.5, 0.6) is 5.75 Å². The van der Waals surface area contributed by atoms with Crippen molar-refractivity contribution in [2.75, 3.05) is 31.3 Å². The van der Waals surface area contributed by atoms with E-state index in [-0.39, 0.29) is 5.97 Å². The Hall–Kier alpha value is -1.91. The van der Waals surface area contributed by atoms with E-state index >= 15 is 0 Å². The van der Waals surface area contributed by atoms with E-state index in [0.717, 1.165) is 12.1 Å². The van der Waals surface area contributed by atoms with Crippen LogP contribution in [0.1, 0.15) is 19.8 Å². The van der Waals surface area contributed by atoms with Crippen molar-refractivity contribution in [2.45, 2.75) is 19.8 Å². The first-order valence-electron chi connectivity index (χ1n) is 6.01. The van der Waals surface area contributed by atoms with Crippen LogP contribution in [0.4, 0.5) is 11.4 Å². The van der Waals surface area contributed by atoms with Gasteiger partial charge < -0.3 is 20.5 Å². The van der Waals surface area contributed by atoms with Crippen molar-refractivity contribution < 1.29 is 14.3 Å². The molecule has 0 fully saturated rings. The van der Waals surface area contributed by atoms with E-state index in [4.69, 9.17) is 10.5 Å². The molecule has 0 aliphatic carbocycles. The predicted molar refractivity (Wildman–Crippen MR) is 71.8 cm³/mol. The first-order chi connectivity index (χ1) is 8.69. The van der Waals surface area contributed by atoms with Crippen LogP contribution in [0.15, 0.2) is 18.2 Å². The molecular formula is C13H20N2O3. The maximum atomic E-state index is 11.0. The van der Waals surface area contributed by atoms with Gasteiger partial charge in [0.05, 0.1) is 31.5 Å². The maximum Gasteiger partial charge on any atom is 0.307 e. The van der Waals surface area contributed by atoms with Crippen LogP contribution in [-0.2, 0) is 9.53 Å². The van der Waals surface area contributed by atoms with E-state index in [1.165, 1.54) is 7.11 Å². The van der Waals surface area contributed by atoms with Gasteiger partial charge in [0.1, 0.15) is 5.75 Å². The summed E-state index contributed by atoms with van der Waals surface area (Å²) in [6.45, 7) is 3.15. The summed E-state index contributed by atoms with van der Waals surface area (Å²) in [6.07, 6.45) is 1.23. The third-order valence-corrected chi connectivity index (χ3v) is 2.40. The first kappa shape index (κ1) is 14.2. The molecule has 1 rings (SSSR count). The molecule has 0 radical (unpaired) electrons. The molecular weight excluding hydrogens is 232 g/mol. The number of methoxy groups -OCH3 is 1. The summed E-state index contributed by atoms with van der Waals surface area (Å²) in [5.41, 5.74) is 7.31. The third-order valence-electron chi connectivity index (χ3n) is 2.40. The van der Waals surface area contributed by atoms with Crippen LogP contribution < -0.4 is 15.8 Å². The number of nitrogen functional groups attached to an aromatic ring is 1. The number of carbonyl (C=O) groups is 1. The van der Waals surface area contributed by atoms with Gasteiger partial charge in [0, 0.05) is 6.54 Å². The van der Waals surface area contributed by atoms with Crippen LogP contribution in [0, 0.1) is 0 Å². The van der Waals surface area contributed by atoms with Gasteiger partial charge in [-0.2, -0.15) is 0 Å². The third kappa shape index (κ3) is 4.16. The summed E-state index contributed by atoms with van der Waals surface area (Å²) in [5, 5.41) is 3.09. The summed E-state index contributed by atoms with van der Waals surface area (Å²) >= 11 is 0. The number of para-hydroxylation sites is 1. The number of ether oxygens (including phenoxy) is 2. The number of benzene rings is 1. The molecule has 1 aromatic rings. The number of carbonyl (C=O) groups excluding carboxylic acids is 1. The minimum absolute atomic E-state index is 0.251. The van der Waals surface area contributed by atoms with Gasteiger partial charge in [0.2, 0.25) is 0 Å². The molecule has 0 spiro atoms. The molecule has 0 heterocycles. The average Bonchev–Trinajstić information content (AvgIpc) is 2.39. The fourth-order valence-corrected chi connectivity index (χ4v) is 1.44. The smallest absolute Gasteiger partial charge is 0.307 e. The number of nitrogens with one attached hydrogen (secondary N) is 1. The molecule has 0 bridgehead atoms. The first-order valence-corrected chi connectivity index (χ1v) is 6.01. The summed E-state index contributed by atoms with van der Waals surface area (Å²) in [5.74, 6) is 0.416.